The van der Waals surface area contributed by atoms with Crippen LogP contribution in [0, 0.1) is 0 Å². The zero-order chi connectivity index (χ0) is 9.30. The average molecular weight is 172 g/mol. The molecule has 0 aromatic heterocycles. The quantitative estimate of drug-likeness (QED) is 0.422. The van der Waals surface area contributed by atoms with Gasteiger partial charge in [-0.2, -0.15) is 0 Å². The van der Waals surface area contributed by atoms with Crippen LogP contribution in [-0.4, -0.2) is 35.5 Å². The highest BCUT2D eigenvalue weighted by atomic mass is 16.2. The molecule has 1 fully saturated rings. The fraction of sp³-hybridized carbons (Fsp3) is 0.667. The van der Waals surface area contributed by atoms with Crippen molar-refractivity contribution in [3.63, 3.8) is 0 Å². The van der Waals surface area contributed by atoms with Gasteiger partial charge in [-0.3, -0.25) is 4.79 Å². The Labute approximate surface area is 69.7 Å². The van der Waals surface area contributed by atoms with Crippen molar-refractivity contribution in [3.8, 4) is 0 Å². The maximum absolute atomic E-state index is 10.8. The van der Waals surface area contributed by atoms with E-state index in [2.05, 4.69) is 0 Å². The third kappa shape index (κ3) is 1.48. The summed E-state index contributed by atoms with van der Waals surface area (Å²) >= 11 is 0. The largest absolute Gasteiger partial charge is 0.368 e. The van der Waals surface area contributed by atoms with Gasteiger partial charge in [-0.05, 0) is 6.42 Å². The van der Waals surface area contributed by atoms with Crippen LogP contribution in [0.15, 0.2) is 0 Å². The summed E-state index contributed by atoms with van der Waals surface area (Å²) in [6.07, 6.45) is 0.401. The second-order valence-electron chi connectivity index (χ2n) is 2.90. The average Bonchev–Trinajstić information content (AvgIpc) is 2.31. The van der Waals surface area contributed by atoms with E-state index in [1.165, 1.54) is 4.90 Å². The first-order chi connectivity index (χ1) is 5.52. The summed E-state index contributed by atoms with van der Waals surface area (Å²) < 4.78 is 0. The Morgan fingerprint density at radius 3 is 2.25 bits per heavy atom. The van der Waals surface area contributed by atoms with E-state index in [0.717, 1.165) is 0 Å². The van der Waals surface area contributed by atoms with Gasteiger partial charge in [0.05, 0.1) is 0 Å². The van der Waals surface area contributed by atoms with Crippen LogP contribution in [0.4, 0.5) is 4.79 Å². The summed E-state index contributed by atoms with van der Waals surface area (Å²) in [7, 11) is 0. The number of hydrogen-bond donors (Lipinski definition) is 3. The van der Waals surface area contributed by atoms with E-state index >= 15 is 0 Å². The van der Waals surface area contributed by atoms with E-state index in [0.29, 0.717) is 13.0 Å². The molecule has 0 aromatic carbocycles. The number of rotatable bonds is 1. The molecular formula is C6H12N4O2. The lowest BCUT2D eigenvalue weighted by molar-refractivity contribution is -0.121. The molecule has 6 nitrogen and oxygen atoms in total. The van der Waals surface area contributed by atoms with E-state index in [1.807, 2.05) is 0 Å². The van der Waals surface area contributed by atoms with Gasteiger partial charge in [-0.1, -0.05) is 0 Å². The van der Waals surface area contributed by atoms with Crippen LogP contribution in [0.25, 0.3) is 0 Å². The molecule has 2 unspecified atom stereocenters. The minimum absolute atomic E-state index is 0.199. The maximum atomic E-state index is 10.8. The topological polar surface area (TPSA) is 115 Å². The lowest BCUT2D eigenvalue weighted by Gasteiger charge is -2.18. The highest BCUT2D eigenvalue weighted by Crippen LogP contribution is 2.15. The van der Waals surface area contributed by atoms with Crippen LogP contribution < -0.4 is 17.2 Å². The summed E-state index contributed by atoms with van der Waals surface area (Å²) in [5.41, 5.74) is 15.6. The maximum Gasteiger partial charge on any atom is 0.315 e. The molecule has 12 heavy (non-hydrogen) atoms. The number of hydrogen-bond acceptors (Lipinski definition) is 3. The summed E-state index contributed by atoms with van der Waals surface area (Å²) in [4.78, 5) is 22.7. The molecule has 0 aromatic rings. The molecule has 6 heteroatoms. The van der Waals surface area contributed by atoms with Crippen molar-refractivity contribution in [1.29, 1.82) is 0 Å². The van der Waals surface area contributed by atoms with Gasteiger partial charge in [0.2, 0.25) is 5.91 Å². The molecule has 6 N–H and O–H groups in total. The van der Waals surface area contributed by atoms with Crippen LogP contribution in [0.5, 0.6) is 0 Å². The fourth-order valence-electron chi connectivity index (χ4n) is 1.38. The summed E-state index contributed by atoms with van der Waals surface area (Å²) in [5, 5.41) is 0. The molecule has 2 atom stereocenters. The number of nitrogens with two attached hydrogens (primary N) is 3. The summed E-state index contributed by atoms with van der Waals surface area (Å²) in [5.74, 6) is -0.554. The molecule has 1 rings (SSSR count). The van der Waals surface area contributed by atoms with Crippen LogP contribution in [0.2, 0.25) is 0 Å². The Kier molecular flexibility index (Phi) is 2.18. The monoisotopic (exact) mass is 172 g/mol. The molecule has 3 amide bonds. The van der Waals surface area contributed by atoms with Gasteiger partial charge in [0, 0.05) is 12.6 Å². The SMILES string of the molecule is NC(=O)C1CC(N)CN1C(N)=O. The number of nitrogens with zero attached hydrogens (tertiary/aromatic N) is 1. The number of primary amides is 2. The van der Waals surface area contributed by atoms with Crippen molar-refractivity contribution in [3.05, 3.63) is 0 Å². The molecule has 1 saturated heterocycles. The zero-order valence-corrected chi connectivity index (χ0v) is 6.56. The van der Waals surface area contributed by atoms with Gasteiger partial charge < -0.3 is 22.1 Å². The van der Waals surface area contributed by atoms with Gasteiger partial charge in [-0.15, -0.1) is 0 Å². The molecule has 0 saturated carbocycles. The summed E-state index contributed by atoms with van der Waals surface area (Å²) in [6, 6.07) is -1.47. The highest BCUT2D eigenvalue weighted by Gasteiger charge is 2.35. The van der Waals surface area contributed by atoms with Crippen molar-refractivity contribution in [2.24, 2.45) is 17.2 Å². The van der Waals surface area contributed by atoms with Crippen LogP contribution >= 0.6 is 0 Å². The third-order valence-electron chi connectivity index (χ3n) is 1.94. The fourth-order valence-corrected chi connectivity index (χ4v) is 1.38. The van der Waals surface area contributed by atoms with Gasteiger partial charge in [0.25, 0.3) is 0 Å². The Morgan fingerprint density at radius 1 is 1.33 bits per heavy atom. The first kappa shape index (κ1) is 8.79. The molecule has 68 valence electrons. The summed E-state index contributed by atoms with van der Waals surface area (Å²) in [6.45, 7) is 0.308. The van der Waals surface area contributed by atoms with Crippen LogP contribution in [-0.2, 0) is 4.79 Å². The van der Waals surface area contributed by atoms with E-state index < -0.39 is 18.0 Å². The molecule has 0 radical (unpaired) electrons. The van der Waals surface area contributed by atoms with Gasteiger partial charge in [0.15, 0.2) is 0 Å². The second kappa shape index (κ2) is 2.98. The number of carbonyl (C=O) groups excluding carboxylic acids is 2. The molecule has 0 aliphatic carbocycles. The smallest absolute Gasteiger partial charge is 0.315 e. The van der Waals surface area contributed by atoms with Crippen molar-refractivity contribution >= 4 is 11.9 Å². The highest BCUT2D eigenvalue weighted by molar-refractivity contribution is 5.86. The zero-order valence-electron chi connectivity index (χ0n) is 6.56. The normalized spacial score (nSPS) is 28.9. The van der Waals surface area contributed by atoms with Gasteiger partial charge >= 0.3 is 6.03 Å². The first-order valence-corrected chi connectivity index (χ1v) is 3.63. The van der Waals surface area contributed by atoms with Crippen LogP contribution in [0.1, 0.15) is 6.42 Å². The number of carbonyl (C=O) groups is 2. The molecular weight excluding hydrogens is 160 g/mol. The predicted molar refractivity (Wildman–Crippen MR) is 41.9 cm³/mol. The molecule has 1 aliphatic heterocycles. The van der Waals surface area contributed by atoms with Crippen molar-refractivity contribution in [2.75, 3.05) is 6.54 Å². The minimum Gasteiger partial charge on any atom is -0.368 e. The lowest BCUT2D eigenvalue weighted by atomic mass is 10.2. The first-order valence-electron chi connectivity index (χ1n) is 3.63. The third-order valence-corrected chi connectivity index (χ3v) is 1.94. The number of likely N-dealkylation sites (tertiary alicyclic amines) is 1. The van der Waals surface area contributed by atoms with Gasteiger partial charge in [0.1, 0.15) is 6.04 Å². The molecule has 0 spiro atoms. The minimum atomic E-state index is -0.647. The van der Waals surface area contributed by atoms with Crippen molar-refractivity contribution in [1.82, 2.24) is 4.90 Å². The van der Waals surface area contributed by atoms with E-state index in [9.17, 15) is 9.59 Å². The van der Waals surface area contributed by atoms with E-state index in [1.54, 1.807) is 0 Å². The molecule has 1 aliphatic rings. The Hall–Kier alpha value is -1.30. The van der Waals surface area contributed by atoms with Crippen molar-refractivity contribution < 1.29 is 9.59 Å². The van der Waals surface area contributed by atoms with Crippen LogP contribution in [0.3, 0.4) is 0 Å². The van der Waals surface area contributed by atoms with Crippen molar-refractivity contribution in [2.45, 2.75) is 18.5 Å². The Morgan fingerprint density at radius 2 is 1.92 bits per heavy atom. The molecule has 0 bridgehead atoms. The van der Waals surface area contributed by atoms with E-state index in [-0.39, 0.29) is 6.04 Å². The Balaban J connectivity index is 2.72. The van der Waals surface area contributed by atoms with E-state index in [4.69, 9.17) is 17.2 Å². The number of amides is 3. The van der Waals surface area contributed by atoms with Gasteiger partial charge in [-0.25, -0.2) is 4.79 Å². The Bertz CT molecular complexity index is 196. The lowest BCUT2D eigenvalue weighted by Crippen LogP contribution is -2.46. The number of urea groups is 1. The predicted octanol–water partition coefficient (Wildman–Crippen LogP) is -2.05. The second-order valence-corrected chi connectivity index (χ2v) is 2.90. The molecule has 1 heterocycles. The standard InChI is InChI=1S/C6H12N4O2/c7-3-1-4(5(8)11)10(2-3)6(9)12/h3-4H,1-2,7H2,(H2,8,11)(H2,9,12).